The van der Waals surface area contributed by atoms with Crippen LogP contribution in [0.3, 0.4) is 0 Å². The third-order valence-corrected chi connectivity index (χ3v) is 5.59. The fraction of sp³-hybridized carbons (Fsp3) is 0.500. The van der Waals surface area contributed by atoms with Gasteiger partial charge in [-0.15, -0.1) is 24.0 Å². The molecule has 0 aliphatic carbocycles. The summed E-state index contributed by atoms with van der Waals surface area (Å²) in [5.41, 5.74) is 1.95. The molecule has 2 aromatic heterocycles. The Balaban J connectivity index is 0.00000289. The third-order valence-electron chi connectivity index (χ3n) is 5.59. The lowest BCUT2D eigenvalue weighted by molar-refractivity contribution is 0.509. The number of H-pyrrole nitrogens is 1. The molecule has 0 bridgehead atoms. The average Bonchev–Trinajstić information content (AvgIpc) is 3.31. The summed E-state index contributed by atoms with van der Waals surface area (Å²) in [6, 6.07) is 4.81. The van der Waals surface area contributed by atoms with Crippen LogP contribution in [0.1, 0.15) is 37.6 Å². The molecule has 0 unspecified atom stereocenters. The maximum atomic E-state index is 13.3. The summed E-state index contributed by atoms with van der Waals surface area (Å²) < 4.78 is 16.7. The Morgan fingerprint density at radius 3 is 3.00 bits per heavy atom. The minimum atomic E-state index is -0.237. The first-order valence-electron chi connectivity index (χ1n) is 11.1. The smallest absolute Gasteiger partial charge is 0.345 e. The highest BCUT2D eigenvalue weighted by molar-refractivity contribution is 14.0. The molecular weight excluding hydrogens is 524 g/mol. The number of rotatable bonds is 8. The van der Waals surface area contributed by atoms with Crippen LogP contribution in [0, 0.1) is 5.82 Å². The second-order valence-corrected chi connectivity index (χ2v) is 7.83. The molecule has 0 fully saturated rings. The summed E-state index contributed by atoms with van der Waals surface area (Å²) in [5.74, 6) is 1.43. The van der Waals surface area contributed by atoms with Crippen molar-refractivity contribution in [2.24, 2.45) is 4.99 Å². The van der Waals surface area contributed by atoms with E-state index in [2.05, 4.69) is 25.7 Å². The highest BCUT2D eigenvalue weighted by Crippen LogP contribution is 2.19. The van der Waals surface area contributed by atoms with E-state index < -0.39 is 0 Å². The molecule has 3 aromatic rings. The number of guanidine groups is 1. The van der Waals surface area contributed by atoms with Gasteiger partial charge in [-0.05, 0) is 56.4 Å². The molecule has 0 amide bonds. The zero-order chi connectivity index (χ0) is 21.6. The van der Waals surface area contributed by atoms with Gasteiger partial charge >= 0.3 is 5.69 Å². The van der Waals surface area contributed by atoms with Gasteiger partial charge in [0.15, 0.2) is 5.96 Å². The molecule has 1 aliphatic rings. The van der Waals surface area contributed by atoms with Crippen LogP contribution < -0.4 is 16.3 Å². The summed E-state index contributed by atoms with van der Waals surface area (Å²) in [6.45, 7) is 5.48. The predicted molar refractivity (Wildman–Crippen MR) is 135 cm³/mol. The lowest BCUT2D eigenvalue weighted by Gasteiger charge is -2.11. The molecule has 8 nitrogen and oxygen atoms in total. The molecule has 10 heteroatoms. The molecule has 3 heterocycles. The summed E-state index contributed by atoms with van der Waals surface area (Å²) in [7, 11) is 0. The fourth-order valence-corrected chi connectivity index (χ4v) is 4.03. The van der Waals surface area contributed by atoms with Crippen molar-refractivity contribution in [2.45, 2.75) is 52.1 Å². The number of hydrogen-bond acceptors (Lipinski definition) is 3. The van der Waals surface area contributed by atoms with Gasteiger partial charge in [-0.3, -0.25) is 9.56 Å². The Morgan fingerprint density at radius 1 is 1.31 bits per heavy atom. The standard InChI is InChI=1S/C22H30FN7O.HI/c1-2-24-21(26-11-9-16-15-27-19-14-17(23)7-8-18(16)19)25-10-5-13-30-22(31)29-12-4-3-6-20(29)28-30;/h7-8,14-15,27H,2-6,9-13H2,1H3,(H2,24,25,26);1H. The lowest BCUT2D eigenvalue weighted by Crippen LogP contribution is -2.38. The van der Waals surface area contributed by atoms with Crippen molar-refractivity contribution in [1.82, 2.24) is 30.0 Å². The van der Waals surface area contributed by atoms with Crippen molar-refractivity contribution < 1.29 is 4.39 Å². The van der Waals surface area contributed by atoms with E-state index in [1.165, 1.54) is 12.1 Å². The Morgan fingerprint density at radius 2 is 2.19 bits per heavy atom. The van der Waals surface area contributed by atoms with Gasteiger partial charge in [0.1, 0.15) is 11.6 Å². The van der Waals surface area contributed by atoms with E-state index in [9.17, 15) is 9.18 Å². The van der Waals surface area contributed by atoms with Gasteiger partial charge < -0.3 is 15.6 Å². The fourth-order valence-electron chi connectivity index (χ4n) is 4.03. The van der Waals surface area contributed by atoms with Gasteiger partial charge in [-0.2, -0.15) is 5.10 Å². The zero-order valence-electron chi connectivity index (χ0n) is 18.4. The molecule has 0 atom stereocenters. The molecule has 0 spiro atoms. The number of hydrogen-bond donors (Lipinski definition) is 3. The summed E-state index contributed by atoms with van der Waals surface area (Å²) in [5, 5.41) is 12.1. The minimum absolute atomic E-state index is 0. The number of benzene rings is 1. The van der Waals surface area contributed by atoms with E-state index in [1.54, 1.807) is 9.25 Å². The maximum Gasteiger partial charge on any atom is 0.345 e. The van der Waals surface area contributed by atoms with Crippen LogP contribution in [-0.4, -0.2) is 44.9 Å². The molecule has 4 rings (SSSR count). The Kier molecular flexibility index (Phi) is 8.71. The summed E-state index contributed by atoms with van der Waals surface area (Å²) in [4.78, 5) is 20.1. The van der Waals surface area contributed by atoms with Crippen molar-refractivity contribution in [3.8, 4) is 0 Å². The molecule has 0 saturated carbocycles. The van der Waals surface area contributed by atoms with Gasteiger partial charge in [0, 0.05) is 56.2 Å². The van der Waals surface area contributed by atoms with E-state index in [4.69, 9.17) is 0 Å². The zero-order valence-corrected chi connectivity index (χ0v) is 20.7. The lowest BCUT2D eigenvalue weighted by atomic mass is 10.1. The SMILES string of the molecule is CCNC(=NCCCn1nc2n(c1=O)CCCC2)NCCc1c[nH]c2cc(F)ccc12.I. The Bertz CT molecular complexity index is 1120. The molecule has 1 aliphatic heterocycles. The van der Waals surface area contributed by atoms with E-state index >= 15 is 0 Å². The topological polar surface area (TPSA) is 92.0 Å². The first kappa shape index (κ1) is 24.3. The second kappa shape index (κ2) is 11.5. The van der Waals surface area contributed by atoms with Gasteiger partial charge in [0.25, 0.3) is 0 Å². The van der Waals surface area contributed by atoms with Crippen molar-refractivity contribution in [3.05, 3.63) is 52.1 Å². The third kappa shape index (κ3) is 5.70. The predicted octanol–water partition coefficient (Wildman–Crippen LogP) is 2.81. The van der Waals surface area contributed by atoms with Crippen LogP contribution >= 0.6 is 24.0 Å². The van der Waals surface area contributed by atoms with Crippen LogP contribution in [0.4, 0.5) is 4.39 Å². The number of nitrogens with zero attached hydrogens (tertiary/aromatic N) is 4. The number of halogens is 2. The van der Waals surface area contributed by atoms with Gasteiger partial charge in [0.05, 0.1) is 0 Å². The minimum Gasteiger partial charge on any atom is -0.361 e. The average molecular weight is 555 g/mol. The van der Waals surface area contributed by atoms with Crippen molar-refractivity contribution in [1.29, 1.82) is 0 Å². The molecule has 0 saturated heterocycles. The molecule has 0 radical (unpaired) electrons. The number of aryl methyl sites for hydroxylation is 2. The first-order valence-corrected chi connectivity index (χ1v) is 11.1. The highest BCUT2D eigenvalue weighted by Gasteiger charge is 2.16. The second-order valence-electron chi connectivity index (χ2n) is 7.83. The van der Waals surface area contributed by atoms with Crippen molar-refractivity contribution in [2.75, 3.05) is 19.6 Å². The van der Waals surface area contributed by atoms with E-state index in [0.29, 0.717) is 19.6 Å². The normalized spacial score (nSPS) is 13.6. The van der Waals surface area contributed by atoms with E-state index in [-0.39, 0.29) is 35.5 Å². The van der Waals surface area contributed by atoms with Crippen molar-refractivity contribution in [3.63, 3.8) is 0 Å². The summed E-state index contributed by atoms with van der Waals surface area (Å²) >= 11 is 0. The van der Waals surface area contributed by atoms with Crippen LogP contribution in [0.15, 0.2) is 34.2 Å². The van der Waals surface area contributed by atoms with Crippen LogP contribution in [-0.2, 0) is 25.9 Å². The Hall–Kier alpha value is -2.37. The first-order chi connectivity index (χ1) is 15.2. The number of aromatic nitrogens is 4. The van der Waals surface area contributed by atoms with Crippen molar-refractivity contribution >= 4 is 40.8 Å². The van der Waals surface area contributed by atoms with E-state index in [0.717, 1.165) is 73.4 Å². The number of fused-ring (bicyclic) bond motifs is 2. The highest BCUT2D eigenvalue weighted by atomic mass is 127. The molecular formula is C22H31FIN7O. The number of nitrogens with one attached hydrogen (secondary N) is 3. The largest absolute Gasteiger partial charge is 0.361 e. The van der Waals surface area contributed by atoms with Gasteiger partial charge in [-0.25, -0.2) is 13.9 Å². The number of aromatic amines is 1. The van der Waals surface area contributed by atoms with Crippen LogP contribution in [0.2, 0.25) is 0 Å². The quantitative estimate of drug-likeness (QED) is 0.173. The molecule has 174 valence electrons. The summed E-state index contributed by atoms with van der Waals surface area (Å²) in [6.07, 6.45) is 6.52. The van der Waals surface area contributed by atoms with Gasteiger partial charge in [0.2, 0.25) is 0 Å². The maximum absolute atomic E-state index is 13.3. The molecule has 3 N–H and O–H groups in total. The molecule has 1 aromatic carbocycles. The van der Waals surface area contributed by atoms with Crippen LogP contribution in [0.5, 0.6) is 0 Å². The molecule has 32 heavy (non-hydrogen) atoms. The Labute approximate surface area is 203 Å². The number of aliphatic imine (C=N–C) groups is 1. The monoisotopic (exact) mass is 555 g/mol. The van der Waals surface area contributed by atoms with E-state index in [1.807, 2.05) is 19.2 Å². The van der Waals surface area contributed by atoms with Crippen LogP contribution in [0.25, 0.3) is 10.9 Å². The van der Waals surface area contributed by atoms with Gasteiger partial charge in [-0.1, -0.05) is 0 Å².